The summed E-state index contributed by atoms with van der Waals surface area (Å²) in [4.78, 5) is 0. The molecular weight excluding hydrogens is 803 g/mol. The van der Waals surface area contributed by atoms with E-state index in [9.17, 15) is 0 Å². The fourth-order valence-corrected chi connectivity index (χ4v) is 0. The minimum atomic E-state index is 0. The molecule has 0 aromatic rings. The number of rotatable bonds is 0. The summed E-state index contributed by atoms with van der Waals surface area (Å²) in [7, 11) is 0. The fraction of sp³-hybridized carbons (Fsp3) is 0. The number of hydrogen-bond acceptors (Lipinski definition) is 0. The summed E-state index contributed by atoms with van der Waals surface area (Å²) in [5.74, 6) is 0. The SMILES string of the molecule is [Ba+2].[Ba+2].[Nd+3].[Nd+3].[O-2].[O-2].[O-2].[O-2].[O-2].[O-2].[O-2].[O-2].[O-2].[Ti+4].[Ti+4]. The Labute approximate surface area is 264 Å². The van der Waals surface area contributed by atoms with Crippen molar-refractivity contribution in [1.82, 2.24) is 0 Å². The minimum absolute atomic E-state index is 0. The zero-order chi connectivity index (χ0) is 0. The van der Waals surface area contributed by atoms with Gasteiger partial charge in [0.15, 0.2) is 0 Å². The van der Waals surface area contributed by atoms with Crippen LogP contribution in [0.4, 0.5) is 0 Å². The molecule has 15 heteroatoms. The van der Waals surface area contributed by atoms with Crippen molar-refractivity contribution in [2.45, 2.75) is 0 Å². The second kappa shape index (κ2) is 174. The van der Waals surface area contributed by atoms with Gasteiger partial charge < -0.3 is 49.3 Å². The molecule has 0 unspecified atom stereocenters. The number of hydrogen-bond donors (Lipinski definition) is 0. The van der Waals surface area contributed by atoms with Gasteiger partial charge in [-0.05, 0) is 0 Å². The Hall–Kier alpha value is 6.91. The summed E-state index contributed by atoms with van der Waals surface area (Å²) in [6.45, 7) is 0. The van der Waals surface area contributed by atoms with E-state index in [0.29, 0.717) is 0 Å². The summed E-state index contributed by atoms with van der Waals surface area (Å²) < 4.78 is 0. The average molecular weight is 803 g/mol. The van der Waals surface area contributed by atoms with Crippen LogP contribution in [0.3, 0.4) is 0 Å². The third-order valence-electron chi connectivity index (χ3n) is 0. The molecule has 0 N–H and O–H groups in total. The summed E-state index contributed by atoms with van der Waals surface area (Å²) >= 11 is 0. The molecule has 2 radical (unpaired) electrons. The molecule has 74 valence electrons. The molecule has 0 heterocycles. The van der Waals surface area contributed by atoms with Crippen LogP contribution in [0.25, 0.3) is 0 Å². The summed E-state index contributed by atoms with van der Waals surface area (Å²) in [5, 5.41) is 0. The molecule has 9 nitrogen and oxygen atoms in total. The third-order valence-corrected chi connectivity index (χ3v) is 0. The second-order valence-electron chi connectivity index (χ2n) is 0. The zero-order valence-electron chi connectivity index (χ0n) is 7.09. The van der Waals surface area contributed by atoms with Gasteiger partial charge in [-0.25, -0.2) is 0 Å². The topological polar surface area (TPSA) is 256 Å². The van der Waals surface area contributed by atoms with Crippen LogP contribution in [0.1, 0.15) is 0 Å². The van der Waals surface area contributed by atoms with Gasteiger partial charge >= 0.3 is 223 Å². The van der Waals surface area contributed by atoms with E-state index in [2.05, 4.69) is 0 Å². The minimum Gasteiger partial charge on any atom is -2.00 e. The molecular formula is Ba2Nd2O9Ti2. The standard InChI is InChI=1S/2Ba.2Nd.9O.2Ti/q2*+2;2*+3;9*-2;2*+4. The first-order valence-corrected chi connectivity index (χ1v) is 0. The van der Waals surface area contributed by atoms with E-state index >= 15 is 0 Å². The van der Waals surface area contributed by atoms with E-state index in [1.807, 2.05) is 0 Å². The maximum atomic E-state index is 0. The first kappa shape index (κ1) is 201. The van der Waals surface area contributed by atoms with Crippen LogP contribution in [0.15, 0.2) is 0 Å². The van der Waals surface area contributed by atoms with E-state index < -0.39 is 0 Å². The molecule has 0 aliphatic carbocycles. The molecule has 0 amide bonds. The Morgan fingerprint density at radius 2 is 0.267 bits per heavy atom. The second-order valence-corrected chi connectivity index (χ2v) is 0. The average Bonchev–Trinajstić information content (AvgIpc) is 0. The van der Waals surface area contributed by atoms with Crippen LogP contribution in [0.5, 0.6) is 0 Å². The quantitative estimate of drug-likeness (QED) is 0.245. The van der Waals surface area contributed by atoms with Crippen LogP contribution < -0.4 is 0 Å². The molecule has 15 heavy (non-hydrogen) atoms. The van der Waals surface area contributed by atoms with E-state index in [-0.39, 0.29) is 272 Å². The Morgan fingerprint density at radius 3 is 0.267 bits per heavy atom. The van der Waals surface area contributed by atoms with Gasteiger partial charge in [-0.15, -0.1) is 0 Å². The predicted octanol–water partition coefficient (Wildman–Crippen LogP) is -1.84. The molecule has 0 aromatic carbocycles. The zero-order valence-corrected chi connectivity index (χ0v) is 25.5. The first-order chi connectivity index (χ1) is 0. The maximum Gasteiger partial charge on any atom is 4.00 e. The Bertz CT molecular complexity index is 24.1. The molecule has 0 saturated carbocycles. The fourth-order valence-electron chi connectivity index (χ4n) is 0. The molecule has 0 aliphatic rings. The molecule has 0 saturated heterocycles. The van der Waals surface area contributed by atoms with Crippen molar-refractivity contribution in [3.05, 3.63) is 0 Å². The van der Waals surface area contributed by atoms with E-state index in [4.69, 9.17) is 0 Å². The van der Waals surface area contributed by atoms with Crippen molar-refractivity contribution in [1.29, 1.82) is 0 Å². The first-order valence-electron chi connectivity index (χ1n) is 0. The van der Waals surface area contributed by atoms with Crippen LogP contribution >= 0.6 is 0 Å². The van der Waals surface area contributed by atoms with Crippen LogP contribution in [-0.2, 0) is 92.7 Å². The van der Waals surface area contributed by atoms with Gasteiger partial charge in [0, 0.05) is 0 Å². The molecule has 0 spiro atoms. The normalized spacial score (nSPS) is 0. The van der Waals surface area contributed by atoms with Gasteiger partial charge in [0.1, 0.15) is 0 Å². The van der Waals surface area contributed by atoms with Crippen molar-refractivity contribution in [2.24, 2.45) is 0 Å². The summed E-state index contributed by atoms with van der Waals surface area (Å²) in [6, 6.07) is 0. The molecule has 0 atom stereocenters. The Balaban J connectivity index is 0. The van der Waals surface area contributed by atoms with Crippen LogP contribution in [0.2, 0.25) is 0 Å². The van der Waals surface area contributed by atoms with Crippen molar-refractivity contribution < 1.29 is 174 Å². The van der Waals surface area contributed by atoms with Gasteiger partial charge in [-0.3, -0.25) is 0 Å². The third kappa shape index (κ3) is 157. The summed E-state index contributed by atoms with van der Waals surface area (Å²) in [6.07, 6.45) is 0. The van der Waals surface area contributed by atoms with Gasteiger partial charge in [0.05, 0.1) is 0 Å². The largest absolute Gasteiger partial charge is 4.00 e. The summed E-state index contributed by atoms with van der Waals surface area (Å²) in [5.41, 5.74) is 0. The molecule has 0 aromatic heterocycles. The molecule has 0 aliphatic heterocycles. The van der Waals surface area contributed by atoms with Crippen molar-refractivity contribution in [2.75, 3.05) is 0 Å². The Kier molecular flexibility index (Phi) is 2320. The van der Waals surface area contributed by atoms with Gasteiger partial charge in [-0.1, -0.05) is 0 Å². The van der Waals surface area contributed by atoms with Crippen molar-refractivity contribution in [3.8, 4) is 0 Å². The molecule has 0 fully saturated rings. The van der Waals surface area contributed by atoms with Crippen LogP contribution in [0, 0.1) is 81.7 Å². The van der Waals surface area contributed by atoms with Gasteiger partial charge in [0.25, 0.3) is 0 Å². The van der Waals surface area contributed by atoms with Gasteiger partial charge in [-0.2, -0.15) is 0 Å². The smallest absolute Gasteiger partial charge is 2.00 e. The van der Waals surface area contributed by atoms with E-state index in [1.165, 1.54) is 0 Å². The van der Waals surface area contributed by atoms with Crippen molar-refractivity contribution in [3.63, 3.8) is 0 Å². The van der Waals surface area contributed by atoms with Gasteiger partial charge in [0.2, 0.25) is 0 Å². The van der Waals surface area contributed by atoms with Crippen molar-refractivity contribution >= 4 is 97.8 Å². The van der Waals surface area contributed by atoms with E-state index in [1.54, 1.807) is 0 Å². The molecule has 0 bridgehead atoms. The van der Waals surface area contributed by atoms with Crippen LogP contribution in [-0.4, -0.2) is 97.8 Å². The predicted molar refractivity (Wildman–Crippen MR) is 17.7 cm³/mol. The maximum absolute atomic E-state index is 0. The molecule has 0 rings (SSSR count). The van der Waals surface area contributed by atoms with E-state index in [0.717, 1.165) is 0 Å². The Morgan fingerprint density at radius 1 is 0.267 bits per heavy atom. The monoisotopic (exact) mass is 799 g/mol.